The molecule has 0 unspecified atom stereocenters. The van der Waals surface area contributed by atoms with Gasteiger partial charge in [-0.3, -0.25) is 4.79 Å². The number of esters is 1. The van der Waals surface area contributed by atoms with Crippen LogP contribution in [0.2, 0.25) is 0 Å². The molecule has 1 N–H and O–H groups in total. The molecule has 138 valence electrons. The Balaban J connectivity index is 1.76. The van der Waals surface area contributed by atoms with Gasteiger partial charge in [0.15, 0.2) is 13.2 Å². The Morgan fingerprint density at radius 2 is 1.69 bits per heavy atom. The number of hydrogen-bond donors (Lipinski definition) is 1. The van der Waals surface area contributed by atoms with E-state index < -0.39 is 11.9 Å². The van der Waals surface area contributed by atoms with E-state index in [1.165, 1.54) is 0 Å². The maximum absolute atomic E-state index is 11.9. The summed E-state index contributed by atoms with van der Waals surface area (Å²) in [6.45, 7) is 3.29. The monoisotopic (exact) mass is 356 g/mol. The zero-order chi connectivity index (χ0) is 19.1. The van der Waals surface area contributed by atoms with Crippen molar-refractivity contribution in [1.29, 1.82) is 0 Å². The van der Waals surface area contributed by atoms with Gasteiger partial charge >= 0.3 is 5.97 Å². The number of hydrogen-bond acceptors (Lipinski definition) is 5. The molecule has 6 nitrogen and oxygen atoms in total. The third-order valence-corrected chi connectivity index (χ3v) is 3.93. The number of nitrogens with one attached hydrogen (secondary N) is 1. The quantitative estimate of drug-likeness (QED) is 0.773. The number of anilines is 2. The van der Waals surface area contributed by atoms with Crippen molar-refractivity contribution in [2.24, 2.45) is 0 Å². The Labute approximate surface area is 153 Å². The maximum atomic E-state index is 11.9. The van der Waals surface area contributed by atoms with Gasteiger partial charge in [0.2, 0.25) is 0 Å². The topological polar surface area (TPSA) is 67.9 Å². The summed E-state index contributed by atoms with van der Waals surface area (Å²) in [5, 5.41) is 2.68. The summed E-state index contributed by atoms with van der Waals surface area (Å²) in [4.78, 5) is 25.6. The number of ether oxygens (including phenoxy) is 2. The third-order valence-electron chi connectivity index (χ3n) is 3.93. The Kier molecular flexibility index (Phi) is 6.60. The predicted molar refractivity (Wildman–Crippen MR) is 102 cm³/mol. The van der Waals surface area contributed by atoms with Gasteiger partial charge in [0.05, 0.1) is 0 Å². The fourth-order valence-corrected chi connectivity index (χ4v) is 2.24. The van der Waals surface area contributed by atoms with Crippen molar-refractivity contribution < 1.29 is 19.1 Å². The molecule has 0 radical (unpaired) electrons. The van der Waals surface area contributed by atoms with Crippen molar-refractivity contribution >= 4 is 23.3 Å². The fourth-order valence-electron chi connectivity index (χ4n) is 2.24. The van der Waals surface area contributed by atoms with Crippen LogP contribution in [0.4, 0.5) is 11.4 Å². The second-order valence-corrected chi connectivity index (χ2v) is 6.14. The van der Waals surface area contributed by atoms with Crippen LogP contribution >= 0.6 is 0 Å². The van der Waals surface area contributed by atoms with Crippen LogP contribution in [0, 0.1) is 13.8 Å². The lowest BCUT2D eigenvalue weighted by atomic mass is 10.1. The van der Waals surface area contributed by atoms with Gasteiger partial charge in [0, 0.05) is 25.5 Å². The lowest BCUT2D eigenvalue weighted by Gasteiger charge is -2.13. The maximum Gasteiger partial charge on any atom is 0.344 e. The molecule has 0 aliphatic rings. The average molecular weight is 356 g/mol. The molecular formula is C20H24N2O4. The van der Waals surface area contributed by atoms with E-state index >= 15 is 0 Å². The number of aryl methyl sites for hydroxylation is 1. The minimum atomic E-state index is -0.594. The van der Waals surface area contributed by atoms with E-state index in [1.54, 1.807) is 18.2 Å². The number of benzene rings is 2. The first-order valence-electron chi connectivity index (χ1n) is 8.28. The summed E-state index contributed by atoms with van der Waals surface area (Å²) in [6, 6.07) is 13.0. The third kappa shape index (κ3) is 5.51. The van der Waals surface area contributed by atoms with Gasteiger partial charge < -0.3 is 19.7 Å². The van der Waals surface area contributed by atoms with Crippen molar-refractivity contribution in [2.45, 2.75) is 13.8 Å². The molecule has 1 amide bonds. The van der Waals surface area contributed by atoms with E-state index in [2.05, 4.69) is 5.32 Å². The summed E-state index contributed by atoms with van der Waals surface area (Å²) in [5.74, 6) is -0.362. The molecule has 2 rings (SSSR count). The van der Waals surface area contributed by atoms with Gasteiger partial charge in [-0.15, -0.1) is 0 Å². The van der Waals surface area contributed by atoms with Crippen LogP contribution in [0.5, 0.6) is 5.75 Å². The highest BCUT2D eigenvalue weighted by Crippen LogP contribution is 2.20. The van der Waals surface area contributed by atoms with Crippen LogP contribution in [0.25, 0.3) is 0 Å². The number of amides is 1. The van der Waals surface area contributed by atoms with Gasteiger partial charge in [0.25, 0.3) is 5.91 Å². The molecule has 0 saturated carbocycles. The minimum absolute atomic E-state index is 0.241. The highest BCUT2D eigenvalue weighted by molar-refractivity contribution is 5.93. The summed E-state index contributed by atoms with van der Waals surface area (Å²) in [6.07, 6.45) is 0. The predicted octanol–water partition coefficient (Wildman–Crippen LogP) is 2.93. The normalized spacial score (nSPS) is 10.2. The van der Waals surface area contributed by atoms with Crippen LogP contribution in [0.15, 0.2) is 42.5 Å². The summed E-state index contributed by atoms with van der Waals surface area (Å²) < 4.78 is 10.4. The number of carbonyl (C=O) groups is 2. The first kappa shape index (κ1) is 19.3. The molecule has 0 saturated heterocycles. The molecule has 0 aliphatic carbocycles. The highest BCUT2D eigenvalue weighted by Gasteiger charge is 2.10. The van der Waals surface area contributed by atoms with E-state index in [0.717, 1.165) is 16.8 Å². The Morgan fingerprint density at radius 1 is 1.00 bits per heavy atom. The van der Waals surface area contributed by atoms with Crippen molar-refractivity contribution in [1.82, 2.24) is 0 Å². The van der Waals surface area contributed by atoms with Crippen LogP contribution in [-0.4, -0.2) is 39.2 Å². The Hall–Kier alpha value is -3.02. The van der Waals surface area contributed by atoms with Crippen molar-refractivity contribution in [3.63, 3.8) is 0 Å². The molecule has 26 heavy (non-hydrogen) atoms. The van der Waals surface area contributed by atoms with Crippen LogP contribution in [-0.2, 0) is 14.3 Å². The van der Waals surface area contributed by atoms with Gasteiger partial charge in [-0.1, -0.05) is 12.1 Å². The average Bonchev–Trinajstić information content (AvgIpc) is 2.61. The molecule has 0 bridgehead atoms. The van der Waals surface area contributed by atoms with Crippen molar-refractivity contribution in [2.75, 3.05) is 37.5 Å². The van der Waals surface area contributed by atoms with E-state index in [-0.39, 0.29) is 13.2 Å². The Bertz CT molecular complexity index is 770. The van der Waals surface area contributed by atoms with Crippen molar-refractivity contribution in [3.8, 4) is 5.75 Å². The molecule has 6 heteroatoms. The number of nitrogens with zero attached hydrogens (tertiary/aromatic N) is 1. The largest absolute Gasteiger partial charge is 0.482 e. The second kappa shape index (κ2) is 8.89. The SMILES string of the molecule is Cc1cccc(OCC(=O)OCC(=O)Nc2ccc(N(C)C)cc2)c1C. The lowest BCUT2D eigenvalue weighted by molar-refractivity contribution is -0.149. The molecule has 2 aromatic carbocycles. The van der Waals surface area contributed by atoms with Gasteiger partial charge in [0.1, 0.15) is 5.75 Å². The smallest absolute Gasteiger partial charge is 0.344 e. The molecule has 0 aromatic heterocycles. The van der Waals surface area contributed by atoms with Crippen LogP contribution < -0.4 is 15.0 Å². The first-order valence-corrected chi connectivity index (χ1v) is 8.28. The molecule has 0 fully saturated rings. The molecule has 0 aliphatic heterocycles. The fraction of sp³-hybridized carbons (Fsp3) is 0.300. The molecule has 0 spiro atoms. The standard InChI is InChI=1S/C20H24N2O4/c1-14-6-5-7-18(15(14)2)25-13-20(24)26-12-19(23)21-16-8-10-17(11-9-16)22(3)4/h5-11H,12-13H2,1-4H3,(H,21,23). The van der Waals surface area contributed by atoms with Gasteiger partial charge in [-0.25, -0.2) is 4.79 Å². The Morgan fingerprint density at radius 3 is 2.35 bits per heavy atom. The zero-order valence-corrected chi connectivity index (χ0v) is 15.5. The zero-order valence-electron chi connectivity index (χ0n) is 15.5. The van der Waals surface area contributed by atoms with Gasteiger partial charge in [-0.2, -0.15) is 0 Å². The van der Waals surface area contributed by atoms with Gasteiger partial charge in [-0.05, 0) is 55.3 Å². The number of rotatable bonds is 7. The summed E-state index contributed by atoms with van der Waals surface area (Å²) >= 11 is 0. The second-order valence-electron chi connectivity index (χ2n) is 6.14. The summed E-state index contributed by atoms with van der Waals surface area (Å²) in [5.41, 5.74) is 3.72. The van der Waals surface area contributed by atoms with E-state index in [9.17, 15) is 9.59 Å². The molecule has 0 heterocycles. The van der Waals surface area contributed by atoms with E-state index in [0.29, 0.717) is 11.4 Å². The van der Waals surface area contributed by atoms with Crippen molar-refractivity contribution in [3.05, 3.63) is 53.6 Å². The van der Waals surface area contributed by atoms with Crippen LogP contribution in [0.3, 0.4) is 0 Å². The molecule has 0 atom stereocenters. The molecule has 2 aromatic rings. The minimum Gasteiger partial charge on any atom is -0.482 e. The van der Waals surface area contributed by atoms with Crippen LogP contribution in [0.1, 0.15) is 11.1 Å². The lowest BCUT2D eigenvalue weighted by Crippen LogP contribution is -2.23. The molecular weight excluding hydrogens is 332 g/mol. The number of carbonyl (C=O) groups excluding carboxylic acids is 2. The highest BCUT2D eigenvalue weighted by atomic mass is 16.6. The van der Waals surface area contributed by atoms with E-state index in [4.69, 9.17) is 9.47 Å². The summed E-state index contributed by atoms with van der Waals surface area (Å²) in [7, 11) is 3.88. The van der Waals surface area contributed by atoms with E-state index in [1.807, 2.05) is 57.1 Å². The first-order chi connectivity index (χ1) is 12.4.